The summed E-state index contributed by atoms with van der Waals surface area (Å²) in [6.45, 7) is 0.733. The Kier molecular flexibility index (Phi) is 3.34. The summed E-state index contributed by atoms with van der Waals surface area (Å²) in [4.78, 5) is 25.9. The number of benzene rings is 1. The van der Waals surface area contributed by atoms with Crippen molar-refractivity contribution >= 4 is 11.9 Å². The molecule has 20 heavy (non-hydrogen) atoms. The molecule has 0 aliphatic carbocycles. The third kappa shape index (κ3) is 2.13. The molecule has 2 fully saturated rings. The molecule has 5 heteroatoms. The molecule has 2 atom stereocenters. The highest BCUT2D eigenvalue weighted by Gasteiger charge is 2.42. The lowest BCUT2D eigenvalue weighted by Gasteiger charge is -2.43. The predicted molar refractivity (Wildman–Crippen MR) is 73.6 cm³/mol. The average molecular weight is 274 g/mol. The van der Waals surface area contributed by atoms with Gasteiger partial charge in [0.15, 0.2) is 0 Å². The number of methoxy groups -OCH3 is 1. The second-order valence-electron chi connectivity index (χ2n) is 5.30. The van der Waals surface area contributed by atoms with E-state index in [0.29, 0.717) is 0 Å². The summed E-state index contributed by atoms with van der Waals surface area (Å²) < 4.78 is 5.14. The Labute approximate surface area is 117 Å². The zero-order chi connectivity index (χ0) is 14.1. The molecular weight excluding hydrogens is 256 g/mol. The third-order valence-corrected chi connectivity index (χ3v) is 4.18. The van der Waals surface area contributed by atoms with Crippen LogP contribution in [0.2, 0.25) is 0 Å². The monoisotopic (exact) mass is 274 g/mol. The molecule has 0 spiro atoms. The van der Waals surface area contributed by atoms with Crippen LogP contribution in [0.25, 0.3) is 0 Å². The lowest BCUT2D eigenvalue weighted by Crippen LogP contribution is -2.60. The van der Waals surface area contributed by atoms with Gasteiger partial charge in [0, 0.05) is 12.6 Å². The highest BCUT2D eigenvalue weighted by atomic mass is 16.5. The van der Waals surface area contributed by atoms with E-state index in [9.17, 15) is 9.59 Å². The molecule has 0 bridgehead atoms. The van der Waals surface area contributed by atoms with Gasteiger partial charge in [0.2, 0.25) is 5.91 Å². The van der Waals surface area contributed by atoms with Crippen molar-refractivity contribution in [2.45, 2.75) is 31.2 Å². The number of carbonyl (C=O) groups excluding carboxylic acids is 2. The Balaban J connectivity index is 1.92. The molecule has 2 heterocycles. The Morgan fingerprint density at radius 2 is 1.95 bits per heavy atom. The fourth-order valence-corrected chi connectivity index (χ4v) is 3.17. The van der Waals surface area contributed by atoms with Gasteiger partial charge in [-0.1, -0.05) is 12.1 Å². The first-order valence-corrected chi connectivity index (χ1v) is 6.96. The molecule has 2 aliphatic rings. The van der Waals surface area contributed by atoms with Crippen molar-refractivity contribution in [3.8, 4) is 5.75 Å². The Hall–Kier alpha value is -2.04. The van der Waals surface area contributed by atoms with Gasteiger partial charge in [-0.05, 0) is 37.0 Å². The highest BCUT2D eigenvalue weighted by Crippen LogP contribution is 2.34. The minimum Gasteiger partial charge on any atom is -0.497 e. The molecule has 5 nitrogen and oxygen atoms in total. The minimum absolute atomic E-state index is 0.0154. The first kappa shape index (κ1) is 13.0. The van der Waals surface area contributed by atoms with E-state index in [1.54, 1.807) is 12.0 Å². The number of imide groups is 1. The Morgan fingerprint density at radius 3 is 2.65 bits per heavy atom. The van der Waals surface area contributed by atoms with Gasteiger partial charge in [-0.2, -0.15) is 0 Å². The normalized spacial score (nSPS) is 25.9. The van der Waals surface area contributed by atoms with E-state index in [2.05, 4.69) is 5.32 Å². The number of amides is 3. The van der Waals surface area contributed by atoms with Crippen molar-refractivity contribution in [3.63, 3.8) is 0 Å². The molecule has 106 valence electrons. The van der Waals surface area contributed by atoms with E-state index in [4.69, 9.17) is 4.74 Å². The van der Waals surface area contributed by atoms with Crippen LogP contribution in [-0.2, 0) is 4.79 Å². The molecule has 0 radical (unpaired) electrons. The van der Waals surface area contributed by atoms with E-state index >= 15 is 0 Å². The maximum Gasteiger partial charge on any atom is 0.324 e. The predicted octanol–water partition coefficient (Wildman–Crippen LogP) is 1.88. The van der Waals surface area contributed by atoms with Crippen LogP contribution in [0.3, 0.4) is 0 Å². The number of nitrogens with one attached hydrogen (secondary N) is 1. The summed E-state index contributed by atoms with van der Waals surface area (Å²) in [6.07, 6.45) is 2.96. The van der Waals surface area contributed by atoms with Crippen LogP contribution in [-0.4, -0.2) is 36.5 Å². The summed E-state index contributed by atoms with van der Waals surface area (Å²) in [5, 5.41) is 2.47. The number of fused-ring (bicyclic) bond motifs is 1. The van der Waals surface area contributed by atoms with Crippen molar-refractivity contribution in [2.75, 3.05) is 13.7 Å². The SMILES string of the molecule is COc1ccc([C@@H]2C(=O)NC(=O)N3CCCC[C@@H]23)cc1. The van der Waals surface area contributed by atoms with E-state index < -0.39 is 0 Å². The van der Waals surface area contributed by atoms with Gasteiger partial charge in [-0.25, -0.2) is 4.79 Å². The van der Waals surface area contributed by atoms with Gasteiger partial charge in [-0.3, -0.25) is 10.1 Å². The maximum absolute atomic E-state index is 12.2. The second-order valence-corrected chi connectivity index (χ2v) is 5.30. The topological polar surface area (TPSA) is 58.6 Å². The van der Waals surface area contributed by atoms with Crippen LogP contribution in [0.5, 0.6) is 5.75 Å². The summed E-state index contributed by atoms with van der Waals surface area (Å²) in [5.74, 6) is 0.295. The zero-order valence-corrected chi connectivity index (χ0v) is 11.5. The number of piperidine rings is 1. The molecule has 3 rings (SSSR count). The molecular formula is C15H18N2O3. The molecule has 2 aliphatic heterocycles. The summed E-state index contributed by atoms with van der Waals surface area (Å²) in [6, 6.07) is 7.26. The van der Waals surface area contributed by atoms with Crippen LogP contribution in [0.4, 0.5) is 4.79 Å². The first-order chi connectivity index (χ1) is 9.70. The number of ether oxygens (including phenoxy) is 1. The second kappa shape index (κ2) is 5.15. The van der Waals surface area contributed by atoms with Crippen LogP contribution >= 0.6 is 0 Å². The molecule has 3 amide bonds. The van der Waals surface area contributed by atoms with Crippen molar-refractivity contribution < 1.29 is 14.3 Å². The van der Waals surface area contributed by atoms with Crippen molar-refractivity contribution in [2.24, 2.45) is 0 Å². The summed E-state index contributed by atoms with van der Waals surface area (Å²) in [5.41, 5.74) is 0.938. The third-order valence-electron chi connectivity index (χ3n) is 4.18. The molecule has 0 aromatic heterocycles. The smallest absolute Gasteiger partial charge is 0.324 e. The first-order valence-electron chi connectivity index (χ1n) is 6.96. The molecule has 2 saturated heterocycles. The zero-order valence-electron chi connectivity index (χ0n) is 11.5. The fraction of sp³-hybridized carbons (Fsp3) is 0.467. The van der Waals surface area contributed by atoms with E-state index in [0.717, 1.165) is 37.1 Å². The van der Waals surface area contributed by atoms with E-state index in [-0.39, 0.29) is 23.9 Å². The number of carbonyl (C=O) groups is 2. The van der Waals surface area contributed by atoms with E-state index in [1.807, 2.05) is 24.3 Å². The average Bonchev–Trinajstić information content (AvgIpc) is 2.48. The Bertz CT molecular complexity index is 526. The quantitative estimate of drug-likeness (QED) is 0.896. The number of hydrogen-bond acceptors (Lipinski definition) is 3. The van der Waals surface area contributed by atoms with Gasteiger partial charge < -0.3 is 9.64 Å². The van der Waals surface area contributed by atoms with Gasteiger partial charge in [0.05, 0.1) is 13.0 Å². The van der Waals surface area contributed by atoms with Crippen LogP contribution < -0.4 is 10.1 Å². The molecule has 0 unspecified atom stereocenters. The van der Waals surface area contributed by atoms with Gasteiger partial charge in [0.1, 0.15) is 5.75 Å². The summed E-state index contributed by atoms with van der Waals surface area (Å²) in [7, 11) is 1.61. The minimum atomic E-state index is -0.279. The fourth-order valence-electron chi connectivity index (χ4n) is 3.17. The largest absolute Gasteiger partial charge is 0.497 e. The van der Waals surface area contributed by atoms with Gasteiger partial charge in [0.25, 0.3) is 0 Å². The Morgan fingerprint density at radius 1 is 1.20 bits per heavy atom. The van der Waals surface area contributed by atoms with Crippen LogP contribution in [0, 0.1) is 0 Å². The molecule has 1 N–H and O–H groups in total. The highest BCUT2D eigenvalue weighted by molar-refractivity contribution is 6.01. The number of hydrogen-bond donors (Lipinski definition) is 1. The molecule has 1 aromatic rings. The number of rotatable bonds is 2. The summed E-state index contributed by atoms with van der Waals surface area (Å²) >= 11 is 0. The van der Waals surface area contributed by atoms with Crippen molar-refractivity contribution in [1.29, 1.82) is 0 Å². The van der Waals surface area contributed by atoms with Crippen LogP contribution in [0.15, 0.2) is 24.3 Å². The van der Waals surface area contributed by atoms with Crippen molar-refractivity contribution in [3.05, 3.63) is 29.8 Å². The molecule has 1 aromatic carbocycles. The van der Waals surface area contributed by atoms with Crippen molar-refractivity contribution in [1.82, 2.24) is 10.2 Å². The lowest BCUT2D eigenvalue weighted by atomic mass is 9.83. The van der Waals surface area contributed by atoms with Gasteiger partial charge >= 0.3 is 6.03 Å². The maximum atomic E-state index is 12.2. The number of nitrogens with zero attached hydrogens (tertiary/aromatic N) is 1. The molecule has 0 saturated carbocycles. The van der Waals surface area contributed by atoms with Crippen LogP contribution in [0.1, 0.15) is 30.7 Å². The lowest BCUT2D eigenvalue weighted by molar-refractivity contribution is -0.125. The number of urea groups is 1. The van der Waals surface area contributed by atoms with Gasteiger partial charge in [-0.15, -0.1) is 0 Å². The van der Waals surface area contributed by atoms with E-state index in [1.165, 1.54) is 0 Å². The standard InChI is InChI=1S/C15H18N2O3/c1-20-11-7-5-10(6-8-11)13-12-4-2-3-9-17(12)15(19)16-14(13)18/h5-8,12-13H,2-4,9H2,1H3,(H,16,18,19)/t12-,13-/m0/s1.